The van der Waals surface area contributed by atoms with E-state index in [1.165, 1.54) is 23.8 Å². The van der Waals surface area contributed by atoms with Crippen molar-refractivity contribution in [3.63, 3.8) is 0 Å². The highest BCUT2D eigenvalue weighted by Gasteiger charge is 2.21. The van der Waals surface area contributed by atoms with Gasteiger partial charge in [-0.1, -0.05) is 50.6 Å². The molecular weight excluding hydrogens is 268 g/mol. The van der Waals surface area contributed by atoms with Gasteiger partial charge < -0.3 is 5.32 Å². The molecular formula is C18H21F2N. The maximum absolute atomic E-state index is 14.1. The molecule has 0 saturated heterocycles. The van der Waals surface area contributed by atoms with E-state index in [-0.39, 0.29) is 5.56 Å². The third kappa shape index (κ3) is 3.67. The molecule has 2 rings (SSSR count). The lowest BCUT2D eigenvalue weighted by molar-refractivity contribution is 0.510. The van der Waals surface area contributed by atoms with E-state index >= 15 is 0 Å². The molecule has 2 aromatic rings. The lowest BCUT2D eigenvalue weighted by Crippen LogP contribution is -2.24. The molecule has 0 radical (unpaired) electrons. The number of halogens is 2. The zero-order chi connectivity index (χ0) is 15.2. The second-order valence-electron chi connectivity index (χ2n) is 5.12. The fraction of sp³-hybridized carbons (Fsp3) is 0.333. The number of aryl methyl sites for hydroxylation is 1. The highest BCUT2D eigenvalue weighted by molar-refractivity contribution is 5.36. The minimum absolute atomic E-state index is 0.0907. The fourth-order valence-electron chi connectivity index (χ4n) is 2.59. The van der Waals surface area contributed by atoms with E-state index in [4.69, 9.17) is 0 Å². The minimum Gasteiger partial charge on any atom is -0.306 e. The van der Waals surface area contributed by atoms with Crippen LogP contribution in [0.2, 0.25) is 0 Å². The zero-order valence-corrected chi connectivity index (χ0v) is 12.5. The number of benzene rings is 2. The summed E-state index contributed by atoms with van der Waals surface area (Å²) in [7, 11) is 0. The second kappa shape index (κ2) is 7.32. The molecule has 1 N–H and O–H groups in total. The molecule has 0 bridgehead atoms. The summed E-state index contributed by atoms with van der Waals surface area (Å²) in [5, 5.41) is 3.19. The smallest absolute Gasteiger partial charge is 0.131 e. The van der Waals surface area contributed by atoms with Gasteiger partial charge in [0.25, 0.3) is 0 Å². The highest BCUT2D eigenvalue weighted by atomic mass is 19.1. The van der Waals surface area contributed by atoms with E-state index in [9.17, 15) is 8.78 Å². The number of nitrogens with one attached hydrogen (secondary N) is 1. The maximum atomic E-state index is 14.1. The molecule has 0 amide bonds. The lowest BCUT2D eigenvalue weighted by Gasteiger charge is -2.21. The highest BCUT2D eigenvalue weighted by Crippen LogP contribution is 2.27. The van der Waals surface area contributed by atoms with Gasteiger partial charge in [0, 0.05) is 5.56 Å². The molecule has 0 saturated carbocycles. The topological polar surface area (TPSA) is 12.0 Å². The minimum atomic E-state index is -0.512. The van der Waals surface area contributed by atoms with Crippen LogP contribution in [0.3, 0.4) is 0 Å². The Balaban J connectivity index is 2.46. The molecule has 112 valence electrons. The molecule has 2 aromatic carbocycles. The largest absolute Gasteiger partial charge is 0.306 e. The van der Waals surface area contributed by atoms with Crippen LogP contribution in [0.5, 0.6) is 0 Å². The summed E-state index contributed by atoms with van der Waals surface area (Å²) in [6.07, 6.45) is 2.01. The van der Waals surface area contributed by atoms with Crippen LogP contribution in [0, 0.1) is 11.6 Å². The zero-order valence-electron chi connectivity index (χ0n) is 12.5. The Morgan fingerprint density at radius 2 is 1.67 bits per heavy atom. The fourth-order valence-corrected chi connectivity index (χ4v) is 2.59. The summed E-state index contributed by atoms with van der Waals surface area (Å²) in [5.41, 5.74) is 2.18. The van der Waals surface area contributed by atoms with Crippen molar-refractivity contribution >= 4 is 0 Å². The lowest BCUT2D eigenvalue weighted by atomic mass is 9.95. The Hall–Kier alpha value is -1.74. The van der Waals surface area contributed by atoms with Crippen LogP contribution in [-0.2, 0) is 6.42 Å². The first-order valence-corrected chi connectivity index (χ1v) is 7.43. The summed E-state index contributed by atoms with van der Waals surface area (Å²) >= 11 is 0. The van der Waals surface area contributed by atoms with E-state index in [1.54, 1.807) is 0 Å². The Morgan fingerprint density at radius 3 is 2.29 bits per heavy atom. The van der Waals surface area contributed by atoms with Crippen LogP contribution in [0.4, 0.5) is 8.78 Å². The van der Waals surface area contributed by atoms with Crippen molar-refractivity contribution in [2.45, 2.75) is 32.7 Å². The van der Waals surface area contributed by atoms with Crippen LogP contribution >= 0.6 is 0 Å². The van der Waals surface area contributed by atoms with E-state index in [0.29, 0.717) is 6.54 Å². The van der Waals surface area contributed by atoms with Crippen molar-refractivity contribution in [1.82, 2.24) is 5.32 Å². The molecule has 0 fully saturated rings. The summed E-state index contributed by atoms with van der Waals surface area (Å²) in [5.74, 6) is -1.02. The average Bonchev–Trinajstić information content (AvgIpc) is 2.47. The third-order valence-corrected chi connectivity index (χ3v) is 3.52. The van der Waals surface area contributed by atoms with Crippen molar-refractivity contribution in [1.29, 1.82) is 0 Å². The first-order chi connectivity index (χ1) is 10.2. The van der Waals surface area contributed by atoms with Crippen LogP contribution in [-0.4, -0.2) is 6.54 Å². The Labute approximate surface area is 125 Å². The van der Waals surface area contributed by atoms with Crippen molar-refractivity contribution in [2.24, 2.45) is 0 Å². The predicted molar refractivity (Wildman–Crippen MR) is 82.3 cm³/mol. The molecule has 0 aliphatic heterocycles. The molecule has 1 nitrogen and oxygen atoms in total. The first-order valence-electron chi connectivity index (χ1n) is 7.43. The number of hydrogen-bond donors (Lipinski definition) is 1. The van der Waals surface area contributed by atoms with Gasteiger partial charge in [0.1, 0.15) is 11.6 Å². The van der Waals surface area contributed by atoms with Gasteiger partial charge >= 0.3 is 0 Å². The normalized spacial score (nSPS) is 12.4. The van der Waals surface area contributed by atoms with Crippen molar-refractivity contribution in [2.75, 3.05) is 6.54 Å². The molecule has 1 unspecified atom stereocenters. The molecule has 0 spiro atoms. The average molecular weight is 289 g/mol. The molecule has 0 heterocycles. The van der Waals surface area contributed by atoms with Crippen LogP contribution < -0.4 is 5.32 Å². The Bertz CT molecular complexity index is 575. The van der Waals surface area contributed by atoms with Crippen LogP contribution in [0.1, 0.15) is 43.0 Å². The monoisotopic (exact) mass is 289 g/mol. The summed E-state index contributed by atoms with van der Waals surface area (Å²) < 4.78 is 28.2. The van der Waals surface area contributed by atoms with Gasteiger partial charge in [-0.3, -0.25) is 0 Å². The van der Waals surface area contributed by atoms with E-state index in [0.717, 1.165) is 18.4 Å². The number of hydrogen-bond acceptors (Lipinski definition) is 1. The van der Waals surface area contributed by atoms with E-state index in [2.05, 4.69) is 12.2 Å². The van der Waals surface area contributed by atoms with Gasteiger partial charge in [-0.25, -0.2) is 8.78 Å². The standard InChI is InChI=1S/C18H21F2N/c1-3-7-13-8-5-9-14(12-13)18(21-4-2)17-15(19)10-6-11-16(17)20/h5-6,8-12,18,21H,3-4,7H2,1-2H3. The Kier molecular flexibility index (Phi) is 5.45. The van der Waals surface area contributed by atoms with Gasteiger partial charge in [0.2, 0.25) is 0 Å². The summed E-state index contributed by atoms with van der Waals surface area (Å²) in [6.45, 7) is 4.68. The first kappa shape index (κ1) is 15.6. The molecule has 3 heteroatoms. The van der Waals surface area contributed by atoms with E-state index in [1.807, 2.05) is 31.2 Å². The van der Waals surface area contributed by atoms with Gasteiger partial charge in [0.15, 0.2) is 0 Å². The quantitative estimate of drug-likeness (QED) is 0.818. The van der Waals surface area contributed by atoms with Crippen LogP contribution in [0.15, 0.2) is 42.5 Å². The molecule has 0 aliphatic carbocycles. The molecule has 1 atom stereocenters. The summed E-state index contributed by atoms with van der Waals surface area (Å²) in [6, 6.07) is 11.5. The van der Waals surface area contributed by atoms with Crippen molar-refractivity contribution < 1.29 is 8.78 Å². The third-order valence-electron chi connectivity index (χ3n) is 3.52. The summed E-state index contributed by atoms with van der Waals surface area (Å²) in [4.78, 5) is 0. The molecule has 0 aliphatic rings. The SMILES string of the molecule is CCCc1cccc(C(NCC)c2c(F)cccc2F)c1. The molecule has 0 aromatic heterocycles. The maximum Gasteiger partial charge on any atom is 0.131 e. The van der Waals surface area contributed by atoms with E-state index < -0.39 is 17.7 Å². The van der Waals surface area contributed by atoms with Crippen molar-refractivity contribution in [3.8, 4) is 0 Å². The van der Waals surface area contributed by atoms with Gasteiger partial charge in [-0.2, -0.15) is 0 Å². The molecule has 21 heavy (non-hydrogen) atoms. The van der Waals surface area contributed by atoms with Gasteiger partial charge in [-0.15, -0.1) is 0 Å². The predicted octanol–water partition coefficient (Wildman–Crippen LogP) is 4.62. The number of rotatable bonds is 6. The second-order valence-corrected chi connectivity index (χ2v) is 5.12. The Morgan fingerprint density at radius 1 is 1.00 bits per heavy atom. The van der Waals surface area contributed by atoms with Crippen LogP contribution in [0.25, 0.3) is 0 Å². The van der Waals surface area contributed by atoms with Gasteiger partial charge in [0.05, 0.1) is 6.04 Å². The van der Waals surface area contributed by atoms with Gasteiger partial charge in [-0.05, 0) is 36.2 Å². The van der Waals surface area contributed by atoms with Crippen molar-refractivity contribution in [3.05, 3.63) is 70.8 Å².